The van der Waals surface area contributed by atoms with Crippen molar-refractivity contribution in [3.8, 4) is 22.7 Å². The molecule has 1 amide bonds. The van der Waals surface area contributed by atoms with Gasteiger partial charge < -0.3 is 10.1 Å². The van der Waals surface area contributed by atoms with Crippen molar-refractivity contribution in [2.75, 3.05) is 5.32 Å². The molecule has 1 aliphatic rings. The summed E-state index contributed by atoms with van der Waals surface area (Å²) in [5.41, 5.74) is 3.86. The highest BCUT2D eigenvalue weighted by atomic mass is 35.5. The largest absolute Gasteiger partial charge is 0.407 e. The molecule has 0 radical (unpaired) electrons. The first-order valence-electron chi connectivity index (χ1n) is 11.1. The highest BCUT2D eigenvalue weighted by Gasteiger charge is 2.34. The van der Waals surface area contributed by atoms with Crippen LogP contribution in [0.3, 0.4) is 0 Å². The van der Waals surface area contributed by atoms with Gasteiger partial charge in [0.15, 0.2) is 0 Å². The lowest BCUT2D eigenvalue weighted by Gasteiger charge is -2.11. The van der Waals surface area contributed by atoms with Crippen LogP contribution in [0.2, 0.25) is 5.02 Å². The summed E-state index contributed by atoms with van der Waals surface area (Å²) >= 11 is 6.13. The molecule has 3 aromatic carbocycles. The highest BCUT2D eigenvalue weighted by Crippen LogP contribution is 2.48. The number of benzene rings is 3. The van der Waals surface area contributed by atoms with E-state index in [-0.39, 0.29) is 23.5 Å². The number of carbonyl (C=O) groups is 2. The van der Waals surface area contributed by atoms with Crippen molar-refractivity contribution in [2.45, 2.75) is 25.7 Å². The third kappa shape index (κ3) is 4.81. The fourth-order valence-electron chi connectivity index (χ4n) is 3.88. The van der Waals surface area contributed by atoms with Gasteiger partial charge in [-0.3, -0.25) is 9.59 Å². The van der Waals surface area contributed by atoms with Gasteiger partial charge in [-0.25, -0.2) is 4.39 Å². The van der Waals surface area contributed by atoms with E-state index < -0.39 is 5.97 Å². The molecule has 4 aromatic rings. The summed E-state index contributed by atoms with van der Waals surface area (Å²) in [6.45, 7) is 1.33. The summed E-state index contributed by atoms with van der Waals surface area (Å²) in [6, 6.07) is 19.9. The van der Waals surface area contributed by atoms with Gasteiger partial charge in [-0.1, -0.05) is 35.9 Å². The van der Waals surface area contributed by atoms with Crippen LogP contribution in [0.5, 0.6) is 5.88 Å². The zero-order valence-electron chi connectivity index (χ0n) is 18.8. The number of ether oxygens (including phenoxy) is 1. The first-order valence-corrected chi connectivity index (χ1v) is 11.5. The summed E-state index contributed by atoms with van der Waals surface area (Å²) in [7, 11) is 0. The predicted octanol–water partition coefficient (Wildman–Crippen LogP) is 6.39. The molecule has 35 heavy (non-hydrogen) atoms. The van der Waals surface area contributed by atoms with Crippen LogP contribution >= 0.6 is 11.6 Å². The van der Waals surface area contributed by atoms with Gasteiger partial charge in [0.25, 0.3) is 5.91 Å². The average molecular weight is 490 g/mol. The number of hydrogen-bond acceptors (Lipinski definition) is 4. The molecule has 1 N–H and O–H groups in total. The number of aromatic nitrogens is 2. The molecule has 0 unspecified atom stereocenters. The zero-order valence-corrected chi connectivity index (χ0v) is 19.6. The van der Waals surface area contributed by atoms with E-state index in [2.05, 4.69) is 5.32 Å². The van der Waals surface area contributed by atoms with Crippen LogP contribution in [0.1, 0.15) is 41.7 Å². The Morgan fingerprint density at radius 1 is 1.03 bits per heavy atom. The van der Waals surface area contributed by atoms with Gasteiger partial charge in [-0.05, 0) is 66.9 Å². The second-order valence-corrected chi connectivity index (χ2v) is 8.74. The van der Waals surface area contributed by atoms with Crippen LogP contribution in [0.4, 0.5) is 10.1 Å². The van der Waals surface area contributed by atoms with Crippen molar-refractivity contribution >= 4 is 29.2 Å². The number of hydrogen-bond donors (Lipinski definition) is 1. The second kappa shape index (κ2) is 9.35. The third-order valence-electron chi connectivity index (χ3n) is 5.70. The Bertz CT molecular complexity index is 1410. The van der Waals surface area contributed by atoms with Crippen LogP contribution in [0.25, 0.3) is 16.8 Å². The molecule has 1 aliphatic carbocycles. The van der Waals surface area contributed by atoms with Gasteiger partial charge in [0.1, 0.15) is 5.82 Å². The lowest BCUT2D eigenvalue weighted by Crippen LogP contribution is -2.12. The van der Waals surface area contributed by atoms with Gasteiger partial charge in [0.05, 0.1) is 27.5 Å². The number of nitrogens with one attached hydrogen (secondary N) is 1. The van der Waals surface area contributed by atoms with Crippen molar-refractivity contribution in [3.63, 3.8) is 0 Å². The molecule has 8 heteroatoms. The van der Waals surface area contributed by atoms with E-state index >= 15 is 0 Å². The minimum atomic E-state index is -0.486. The lowest BCUT2D eigenvalue weighted by atomic mass is 10.0. The van der Waals surface area contributed by atoms with E-state index in [1.807, 2.05) is 12.1 Å². The first kappa shape index (κ1) is 22.8. The van der Waals surface area contributed by atoms with Gasteiger partial charge in [-0.15, -0.1) is 0 Å². The van der Waals surface area contributed by atoms with E-state index in [1.165, 1.54) is 23.7 Å². The average Bonchev–Trinajstić information content (AvgIpc) is 3.62. The van der Waals surface area contributed by atoms with Gasteiger partial charge in [0, 0.05) is 18.5 Å². The maximum absolute atomic E-state index is 13.5. The molecular weight excluding hydrogens is 469 g/mol. The Labute approximate surface area is 206 Å². The molecule has 1 fully saturated rings. The highest BCUT2D eigenvalue weighted by molar-refractivity contribution is 6.34. The molecule has 1 aromatic heterocycles. The van der Waals surface area contributed by atoms with Gasteiger partial charge in [0.2, 0.25) is 5.88 Å². The van der Waals surface area contributed by atoms with E-state index in [0.717, 1.165) is 24.1 Å². The van der Waals surface area contributed by atoms with Crippen LogP contribution < -0.4 is 10.1 Å². The maximum Gasteiger partial charge on any atom is 0.309 e. The Kier molecular flexibility index (Phi) is 6.09. The van der Waals surface area contributed by atoms with Crippen LogP contribution in [-0.2, 0) is 4.79 Å². The topological polar surface area (TPSA) is 73.2 Å². The van der Waals surface area contributed by atoms with E-state index in [0.29, 0.717) is 27.5 Å². The molecule has 0 saturated heterocycles. The number of nitrogens with zero attached hydrogens (tertiary/aromatic N) is 2. The SMILES string of the molecule is CC(=O)Oc1c(-c2ccc(NC(=O)c3ccccc3Cl)cc2)c(C2CC2)nn1-c1ccc(F)cc1. The summed E-state index contributed by atoms with van der Waals surface area (Å²) in [4.78, 5) is 24.6. The normalized spacial score (nSPS) is 12.9. The Morgan fingerprint density at radius 3 is 2.34 bits per heavy atom. The fourth-order valence-corrected chi connectivity index (χ4v) is 4.11. The third-order valence-corrected chi connectivity index (χ3v) is 6.03. The minimum Gasteiger partial charge on any atom is -0.407 e. The Hall–Kier alpha value is -3.97. The minimum absolute atomic E-state index is 0.251. The number of amides is 1. The van der Waals surface area contributed by atoms with Crippen LogP contribution in [0, 0.1) is 5.82 Å². The summed E-state index contributed by atoms with van der Waals surface area (Å²) in [5.74, 6) is -0.640. The summed E-state index contributed by atoms with van der Waals surface area (Å²) < 4.78 is 20.7. The van der Waals surface area contributed by atoms with Crippen molar-refractivity contribution in [1.82, 2.24) is 9.78 Å². The van der Waals surface area contributed by atoms with Crippen molar-refractivity contribution in [2.24, 2.45) is 0 Å². The quantitative estimate of drug-likeness (QED) is 0.319. The van der Waals surface area contributed by atoms with Gasteiger partial charge >= 0.3 is 5.97 Å². The zero-order chi connectivity index (χ0) is 24.5. The molecule has 1 heterocycles. The molecular formula is C27H21ClFN3O3. The molecule has 0 aliphatic heterocycles. The second-order valence-electron chi connectivity index (χ2n) is 8.33. The maximum atomic E-state index is 13.5. The number of halogens is 2. The van der Waals surface area contributed by atoms with Crippen LogP contribution in [-0.4, -0.2) is 21.7 Å². The number of rotatable bonds is 6. The molecule has 0 spiro atoms. The molecule has 1 saturated carbocycles. The lowest BCUT2D eigenvalue weighted by molar-refractivity contribution is -0.132. The fraction of sp³-hybridized carbons (Fsp3) is 0.148. The van der Waals surface area contributed by atoms with E-state index in [4.69, 9.17) is 21.4 Å². The van der Waals surface area contributed by atoms with Gasteiger partial charge in [-0.2, -0.15) is 9.78 Å². The molecule has 0 atom stereocenters. The molecule has 5 rings (SSSR count). The molecule has 0 bridgehead atoms. The molecule has 176 valence electrons. The standard InChI is InChI=1S/C27H21ClFN3O3/c1-16(33)35-27-24(25(18-6-7-18)31-32(27)21-14-10-19(29)11-15-21)17-8-12-20(13-9-17)30-26(34)22-4-2-3-5-23(22)28/h2-5,8-15,18H,6-7H2,1H3,(H,30,34). The van der Waals surface area contributed by atoms with Crippen molar-refractivity contribution in [1.29, 1.82) is 0 Å². The Morgan fingerprint density at radius 2 is 1.71 bits per heavy atom. The summed E-state index contributed by atoms with van der Waals surface area (Å²) in [6.07, 6.45) is 1.97. The van der Waals surface area contributed by atoms with Crippen molar-refractivity contribution in [3.05, 3.63) is 94.9 Å². The number of carbonyl (C=O) groups excluding carboxylic acids is 2. The van der Waals surface area contributed by atoms with E-state index in [9.17, 15) is 14.0 Å². The van der Waals surface area contributed by atoms with Crippen LogP contribution in [0.15, 0.2) is 72.8 Å². The van der Waals surface area contributed by atoms with E-state index in [1.54, 1.807) is 48.5 Å². The van der Waals surface area contributed by atoms with Crippen molar-refractivity contribution < 1.29 is 18.7 Å². The predicted molar refractivity (Wildman–Crippen MR) is 132 cm³/mol. The molecule has 6 nitrogen and oxygen atoms in total. The monoisotopic (exact) mass is 489 g/mol. The summed E-state index contributed by atoms with van der Waals surface area (Å²) in [5, 5.41) is 7.97. The number of anilines is 1. The smallest absolute Gasteiger partial charge is 0.309 e. The Balaban J connectivity index is 1.52. The first-order chi connectivity index (χ1) is 16.9. The number of esters is 1.